The van der Waals surface area contributed by atoms with Gasteiger partial charge < -0.3 is 10.1 Å². The molecule has 0 fully saturated rings. The summed E-state index contributed by atoms with van der Waals surface area (Å²) in [6.07, 6.45) is -0.922. The van der Waals surface area contributed by atoms with E-state index in [1.165, 1.54) is 0 Å². The molecule has 0 aliphatic carbocycles. The van der Waals surface area contributed by atoms with Crippen LogP contribution < -0.4 is 5.32 Å². The number of ether oxygens (including phenoxy) is 1. The van der Waals surface area contributed by atoms with Crippen molar-refractivity contribution in [2.24, 2.45) is 0 Å². The molecule has 0 aromatic heterocycles. The summed E-state index contributed by atoms with van der Waals surface area (Å²) < 4.78 is 5.39. The van der Waals surface area contributed by atoms with Gasteiger partial charge in [0.05, 0.1) is 5.41 Å². The molecule has 1 N–H and O–H groups in total. The lowest BCUT2D eigenvalue weighted by atomic mass is 9.85. The van der Waals surface area contributed by atoms with Crippen LogP contribution in [0.4, 0.5) is 5.69 Å². The molecule has 2 aromatic carbocycles. The summed E-state index contributed by atoms with van der Waals surface area (Å²) in [7, 11) is 0. The van der Waals surface area contributed by atoms with Gasteiger partial charge in [0.2, 0.25) is 0 Å². The predicted octanol–water partition coefficient (Wildman–Crippen LogP) is 4.50. The third-order valence-corrected chi connectivity index (χ3v) is 4.35. The highest BCUT2D eigenvalue weighted by atomic mass is 35.5. The van der Waals surface area contributed by atoms with Gasteiger partial charge in [0.25, 0.3) is 5.91 Å². The number of amides is 1. The smallest absolute Gasteiger partial charge is 0.316 e. The van der Waals surface area contributed by atoms with Crippen LogP contribution in [0.15, 0.2) is 48.5 Å². The van der Waals surface area contributed by atoms with Crippen molar-refractivity contribution >= 4 is 29.2 Å². The highest BCUT2D eigenvalue weighted by molar-refractivity contribution is 6.31. The van der Waals surface area contributed by atoms with Gasteiger partial charge in [-0.25, -0.2) is 0 Å². The number of aryl methyl sites for hydroxylation is 1. The van der Waals surface area contributed by atoms with Crippen LogP contribution in [0.1, 0.15) is 31.9 Å². The Kier molecular flexibility index (Phi) is 5.85. The average molecular weight is 360 g/mol. The first kappa shape index (κ1) is 19.0. The number of carbonyl (C=O) groups excluding carboxylic acids is 2. The van der Waals surface area contributed by atoms with Gasteiger partial charge in [0, 0.05) is 10.7 Å². The third kappa shape index (κ3) is 4.60. The summed E-state index contributed by atoms with van der Waals surface area (Å²) in [5, 5.41) is 3.27. The van der Waals surface area contributed by atoms with Crippen molar-refractivity contribution in [3.05, 3.63) is 64.7 Å². The van der Waals surface area contributed by atoms with Crippen molar-refractivity contribution in [2.45, 2.75) is 39.2 Å². The Hall–Kier alpha value is -2.33. The van der Waals surface area contributed by atoms with Gasteiger partial charge in [-0.1, -0.05) is 48.0 Å². The largest absolute Gasteiger partial charge is 0.452 e. The molecule has 0 saturated heterocycles. The molecule has 132 valence electrons. The van der Waals surface area contributed by atoms with Crippen molar-refractivity contribution in [1.82, 2.24) is 0 Å². The zero-order valence-electron chi connectivity index (χ0n) is 14.8. The van der Waals surface area contributed by atoms with Crippen LogP contribution in [-0.4, -0.2) is 18.0 Å². The zero-order chi connectivity index (χ0) is 18.6. The number of benzene rings is 2. The maximum atomic E-state index is 12.5. The number of carbonyl (C=O) groups is 2. The highest BCUT2D eigenvalue weighted by Gasteiger charge is 2.33. The predicted molar refractivity (Wildman–Crippen MR) is 99.8 cm³/mol. The Balaban J connectivity index is 2.05. The van der Waals surface area contributed by atoms with E-state index in [1.54, 1.807) is 32.9 Å². The number of nitrogens with one attached hydrogen (secondary N) is 1. The van der Waals surface area contributed by atoms with Gasteiger partial charge in [0.1, 0.15) is 0 Å². The van der Waals surface area contributed by atoms with Crippen molar-refractivity contribution in [2.75, 3.05) is 5.32 Å². The number of anilines is 1. The van der Waals surface area contributed by atoms with E-state index in [9.17, 15) is 9.59 Å². The lowest BCUT2D eigenvalue weighted by Crippen LogP contribution is -2.37. The molecule has 0 spiro atoms. The summed E-state index contributed by atoms with van der Waals surface area (Å²) in [4.78, 5) is 24.9. The lowest BCUT2D eigenvalue weighted by Gasteiger charge is -2.25. The third-order valence-electron chi connectivity index (χ3n) is 4.12. The van der Waals surface area contributed by atoms with E-state index in [1.807, 2.05) is 43.3 Å². The zero-order valence-corrected chi connectivity index (χ0v) is 15.6. The fourth-order valence-corrected chi connectivity index (χ4v) is 2.47. The Morgan fingerprint density at radius 3 is 2.40 bits per heavy atom. The second-order valence-corrected chi connectivity index (χ2v) is 6.92. The molecule has 2 rings (SSSR count). The van der Waals surface area contributed by atoms with Crippen molar-refractivity contribution in [3.8, 4) is 0 Å². The summed E-state index contributed by atoms with van der Waals surface area (Å²) in [5.41, 5.74) is 1.46. The quantitative estimate of drug-likeness (QED) is 0.800. The number of halogens is 1. The molecule has 1 amide bonds. The minimum Gasteiger partial charge on any atom is -0.452 e. The molecule has 0 heterocycles. The van der Waals surface area contributed by atoms with E-state index in [4.69, 9.17) is 16.3 Å². The van der Waals surface area contributed by atoms with E-state index in [0.29, 0.717) is 10.7 Å². The number of rotatable bonds is 5. The average Bonchev–Trinajstić information content (AvgIpc) is 2.58. The van der Waals surface area contributed by atoms with Gasteiger partial charge in [0.15, 0.2) is 6.10 Å². The van der Waals surface area contributed by atoms with Crippen LogP contribution >= 0.6 is 11.6 Å². The summed E-state index contributed by atoms with van der Waals surface area (Å²) in [6.45, 7) is 6.96. The first-order chi connectivity index (χ1) is 11.7. The SMILES string of the molecule is Cc1ccc(Cl)cc1NC(=O)[C@@H](C)OC(=O)C(C)(C)c1ccccc1. The molecule has 2 aromatic rings. The Morgan fingerprint density at radius 1 is 1.12 bits per heavy atom. The molecule has 0 unspecified atom stereocenters. The first-order valence-electron chi connectivity index (χ1n) is 8.05. The van der Waals surface area contributed by atoms with E-state index in [2.05, 4.69) is 5.32 Å². The van der Waals surface area contributed by atoms with E-state index in [0.717, 1.165) is 11.1 Å². The van der Waals surface area contributed by atoms with Gasteiger partial charge in [-0.15, -0.1) is 0 Å². The van der Waals surface area contributed by atoms with Gasteiger partial charge in [-0.2, -0.15) is 0 Å². The van der Waals surface area contributed by atoms with Crippen molar-refractivity contribution < 1.29 is 14.3 Å². The molecule has 0 radical (unpaired) electrons. The van der Waals surface area contributed by atoms with Crippen LogP contribution in [0.2, 0.25) is 5.02 Å². The molecule has 25 heavy (non-hydrogen) atoms. The minimum absolute atomic E-state index is 0.400. The normalized spacial score (nSPS) is 12.4. The maximum Gasteiger partial charge on any atom is 0.316 e. The van der Waals surface area contributed by atoms with Crippen LogP contribution in [-0.2, 0) is 19.7 Å². The van der Waals surface area contributed by atoms with Crippen LogP contribution in [0.25, 0.3) is 0 Å². The van der Waals surface area contributed by atoms with Gasteiger partial charge in [-0.05, 0) is 51.0 Å². The molecular weight excluding hydrogens is 338 g/mol. The summed E-state index contributed by atoms with van der Waals surface area (Å²) >= 11 is 5.96. The standard InChI is InChI=1S/C20H22ClNO3/c1-13-10-11-16(21)12-17(13)22-18(23)14(2)25-19(24)20(3,4)15-8-6-5-7-9-15/h5-12,14H,1-4H3,(H,22,23)/t14-/m1/s1. The molecule has 0 aliphatic heterocycles. The van der Waals surface area contributed by atoms with Crippen molar-refractivity contribution in [1.29, 1.82) is 0 Å². The molecule has 4 nitrogen and oxygen atoms in total. The Bertz CT molecular complexity index is 772. The van der Waals surface area contributed by atoms with Crippen LogP contribution in [0.3, 0.4) is 0 Å². The number of hydrogen-bond donors (Lipinski definition) is 1. The van der Waals surface area contributed by atoms with Gasteiger partial charge >= 0.3 is 5.97 Å². The topological polar surface area (TPSA) is 55.4 Å². The maximum absolute atomic E-state index is 12.5. The summed E-state index contributed by atoms with van der Waals surface area (Å²) in [5.74, 6) is -0.855. The Labute approximate surface area is 153 Å². The number of hydrogen-bond acceptors (Lipinski definition) is 3. The minimum atomic E-state index is -0.922. The lowest BCUT2D eigenvalue weighted by molar-refractivity contribution is -0.158. The van der Waals surface area contributed by atoms with Crippen molar-refractivity contribution in [3.63, 3.8) is 0 Å². The molecule has 0 bridgehead atoms. The monoisotopic (exact) mass is 359 g/mol. The molecule has 1 atom stereocenters. The molecule has 5 heteroatoms. The molecule has 0 aliphatic rings. The fourth-order valence-electron chi connectivity index (χ4n) is 2.30. The summed E-state index contributed by atoms with van der Waals surface area (Å²) in [6, 6.07) is 14.6. The van der Waals surface area contributed by atoms with E-state index < -0.39 is 23.4 Å². The fraction of sp³-hybridized carbons (Fsp3) is 0.300. The van der Waals surface area contributed by atoms with E-state index in [-0.39, 0.29) is 0 Å². The Morgan fingerprint density at radius 2 is 1.76 bits per heavy atom. The van der Waals surface area contributed by atoms with Crippen LogP contribution in [0, 0.1) is 6.92 Å². The molecule has 0 saturated carbocycles. The van der Waals surface area contributed by atoms with Gasteiger partial charge in [-0.3, -0.25) is 9.59 Å². The molecular formula is C20H22ClNO3. The van der Waals surface area contributed by atoms with E-state index >= 15 is 0 Å². The second-order valence-electron chi connectivity index (χ2n) is 6.49. The highest BCUT2D eigenvalue weighted by Crippen LogP contribution is 2.25. The first-order valence-corrected chi connectivity index (χ1v) is 8.43. The second kappa shape index (κ2) is 7.70. The van der Waals surface area contributed by atoms with Crippen LogP contribution in [0.5, 0.6) is 0 Å². The number of esters is 1.